The number of nitrogens with one attached hydrogen (secondary N) is 2. The van der Waals surface area contributed by atoms with Gasteiger partial charge in [-0.05, 0) is 18.6 Å². The first-order valence-corrected chi connectivity index (χ1v) is 6.75. The van der Waals surface area contributed by atoms with Crippen LogP contribution in [0.3, 0.4) is 0 Å². The van der Waals surface area contributed by atoms with Crippen molar-refractivity contribution in [3.05, 3.63) is 17.7 Å². The number of methoxy groups -OCH3 is 1. The van der Waals surface area contributed by atoms with Gasteiger partial charge in [-0.15, -0.1) is 0 Å². The smallest absolute Gasteiger partial charge is 0.381 e. The second kappa shape index (κ2) is 5.36. The number of nitrogens with zero attached hydrogens (tertiary/aromatic N) is 1. The summed E-state index contributed by atoms with van der Waals surface area (Å²) in [5, 5.41) is 5.74. The molecular weight excluding hydrogens is 283 g/mol. The summed E-state index contributed by atoms with van der Waals surface area (Å²) in [6.45, 7) is 4.05. The Hall–Kier alpha value is -1.50. The quantitative estimate of drug-likeness (QED) is 0.895. The molecule has 0 aliphatic heterocycles. The topological polar surface area (TPSA) is 46.2 Å². The predicted octanol–water partition coefficient (Wildman–Crippen LogP) is 3.37. The number of ether oxygens (including phenoxy) is 1. The minimum atomic E-state index is -4.39. The molecule has 1 aliphatic rings. The third-order valence-electron chi connectivity index (χ3n) is 4.19. The SMILES string of the molecule is CNc1cc(C(F)(F)F)cc(NC2CC(OC)C2(C)C)n1. The molecule has 0 saturated heterocycles. The van der Waals surface area contributed by atoms with Crippen LogP contribution in [0.1, 0.15) is 25.8 Å². The zero-order chi connectivity index (χ0) is 15.8. The molecule has 21 heavy (non-hydrogen) atoms. The van der Waals surface area contributed by atoms with Crippen molar-refractivity contribution in [3.8, 4) is 0 Å². The Morgan fingerprint density at radius 1 is 1.29 bits per heavy atom. The van der Waals surface area contributed by atoms with Gasteiger partial charge in [-0.25, -0.2) is 4.98 Å². The van der Waals surface area contributed by atoms with Gasteiger partial charge >= 0.3 is 6.18 Å². The standard InChI is InChI=1S/C14H20F3N3O/c1-13(2)9(7-10(13)21-4)19-12-6-8(14(15,16)17)5-11(18-3)20-12/h5-6,9-10H,7H2,1-4H3,(H2,18,19,20). The van der Waals surface area contributed by atoms with E-state index in [4.69, 9.17) is 4.74 Å². The van der Waals surface area contributed by atoms with E-state index in [0.29, 0.717) is 0 Å². The second-order valence-electron chi connectivity index (χ2n) is 5.85. The number of rotatable bonds is 4. The van der Waals surface area contributed by atoms with Crippen molar-refractivity contribution >= 4 is 11.6 Å². The van der Waals surface area contributed by atoms with Crippen molar-refractivity contribution in [2.75, 3.05) is 24.8 Å². The first-order chi connectivity index (χ1) is 9.68. The van der Waals surface area contributed by atoms with Crippen molar-refractivity contribution in [1.29, 1.82) is 0 Å². The van der Waals surface area contributed by atoms with E-state index in [1.807, 2.05) is 13.8 Å². The average Bonchev–Trinajstić information content (AvgIpc) is 2.41. The van der Waals surface area contributed by atoms with Crippen LogP contribution in [0, 0.1) is 5.41 Å². The Kier molecular flexibility index (Phi) is 4.06. The number of hydrogen-bond acceptors (Lipinski definition) is 4. The molecule has 0 amide bonds. The average molecular weight is 303 g/mol. The van der Waals surface area contributed by atoms with E-state index in [1.54, 1.807) is 14.2 Å². The fourth-order valence-electron chi connectivity index (χ4n) is 2.61. The summed E-state index contributed by atoms with van der Waals surface area (Å²) in [6, 6.07) is 2.06. The zero-order valence-electron chi connectivity index (χ0n) is 12.5. The molecule has 1 aromatic rings. The fraction of sp³-hybridized carbons (Fsp3) is 0.643. The maximum absolute atomic E-state index is 12.9. The summed E-state index contributed by atoms with van der Waals surface area (Å²) in [5.74, 6) is 0.412. The van der Waals surface area contributed by atoms with Crippen LogP contribution in [0.4, 0.5) is 24.8 Å². The number of alkyl halides is 3. The molecule has 1 aromatic heterocycles. The van der Waals surface area contributed by atoms with Crippen LogP contribution in [0.15, 0.2) is 12.1 Å². The van der Waals surface area contributed by atoms with Gasteiger partial charge in [-0.3, -0.25) is 0 Å². The van der Waals surface area contributed by atoms with Gasteiger partial charge in [-0.1, -0.05) is 13.8 Å². The van der Waals surface area contributed by atoms with Crippen LogP contribution in [0.5, 0.6) is 0 Å². The Labute approximate surface area is 122 Å². The van der Waals surface area contributed by atoms with Crippen molar-refractivity contribution in [2.24, 2.45) is 5.41 Å². The lowest BCUT2D eigenvalue weighted by molar-refractivity contribution is -0.137. The number of halogens is 3. The molecule has 2 N–H and O–H groups in total. The maximum atomic E-state index is 12.9. The minimum absolute atomic E-state index is 0.0307. The molecule has 2 unspecified atom stereocenters. The highest BCUT2D eigenvalue weighted by Crippen LogP contribution is 2.44. The molecule has 2 rings (SSSR count). The lowest BCUT2D eigenvalue weighted by atomic mass is 9.64. The molecule has 0 aromatic carbocycles. The summed E-state index contributed by atoms with van der Waals surface area (Å²) in [4.78, 5) is 4.14. The van der Waals surface area contributed by atoms with Crippen LogP contribution in [0.25, 0.3) is 0 Å². The molecule has 1 fully saturated rings. The zero-order valence-corrected chi connectivity index (χ0v) is 12.5. The van der Waals surface area contributed by atoms with Gasteiger partial charge in [0.15, 0.2) is 0 Å². The van der Waals surface area contributed by atoms with E-state index in [-0.39, 0.29) is 29.2 Å². The molecule has 1 heterocycles. The third-order valence-corrected chi connectivity index (χ3v) is 4.19. The molecule has 118 valence electrons. The number of anilines is 2. The minimum Gasteiger partial charge on any atom is -0.381 e. The Bertz CT molecular complexity index is 517. The molecule has 1 saturated carbocycles. The van der Waals surface area contributed by atoms with Crippen LogP contribution >= 0.6 is 0 Å². The molecule has 0 radical (unpaired) electrons. The van der Waals surface area contributed by atoms with E-state index in [0.717, 1.165) is 18.6 Å². The van der Waals surface area contributed by atoms with Crippen molar-refractivity contribution in [1.82, 2.24) is 4.98 Å². The van der Waals surface area contributed by atoms with Crippen molar-refractivity contribution < 1.29 is 17.9 Å². The molecule has 4 nitrogen and oxygen atoms in total. The van der Waals surface area contributed by atoms with Gasteiger partial charge in [-0.2, -0.15) is 13.2 Å². The number of pyridine rings is 1. The van der Waals surface area contributed by atoms with E-state index < -0.39 is 11.7 Å². The predicted molar refractivity (Wildman–Crippen MR) is 75.4 cm³/mol. The molecule has 0 bridgehead atoms. The lowest BCUT2D eigenvalue weighted by Crippen LogP contribution is -2.57. The first kappa shape index (κ1) is 15.9. The van der Waals surface area contributed by atoms with E-state index in [2.05, 4.69) is 15.6 Å². The summed E-state index contributed by atoms with van der Waals surface area (Å²) in [7, 11) is 3.19. The Morgan fingerprint density at radius 2 is 1.90 bits per heavy atom. The molecule has 0 spiro atoms. The Morgan fingerprint density at radius 3 is 2.38 bits per heavy atom. The monoisotopic (exact) mass is 303 g/mol. The van der Waals surface area contributed by atoms with Gasteiger partial charge in [0.25, 0.3) is 0 Å². The van der Waals surface area contributed by atoms with E-state index in [1.165, 1.54) is 0 Å². The van der Waals surface area contributed by atoms with Gasteiger partial charge in [0.05, 0.1) is 11.7 Å². The van der Waals surface area contributed by atoms with Crippen LogP contribution in [-0.4, -0.2) is 31.3 Å². The summed E-state index contributed by atoms with van der Waals surface area (Å²) < 4.78 is 44.0. The van der Waals surface area contributed by atoms with Crippen LogP contribution in [-0.2, 0) is 10.9 Å². The number of hydrogen-bond donors (Lipinski definition) is 2. The highest BCUT2D eigenvalue weighted by molar-refractivity contribution is 5.50. The normalized spacial score (nSPS) is 24.3. The summed E-state index contributed by atoms with van der Waals surface area (Å²) in [5.41, 5.74) is -0.866. The van der Waals surface area contributed by atoms with Crippen LogP contribution < -0.4 is 10.6 Å². The third kappa shape index (κ3) is 3.07. The largest absolute Gasteiger partial charge is 0.416 e. The van der Waals surface area contributed by atoms with Crippen molar-refractivity contribution in [3.63, 3.8) is 0 Å². The highest BCUT2D eigenvalue weighted by Gasteiger charge is 2.48. The Balaban J connectivity index is 2.21. The first-order valence-electron chi connectivity index (χ1n) is 6.75. The van der Waals surface area contributed by atoms with Gasteiger partial charge < -0.3 is 15.4 Å². The van der Waals surface area contributed by atoms with E-state index in [9.17, 15) is 13.2 Å². The number of aromatic nitrogens is 1. The highest BCUT2D eigenvalue weighted by atomic mass is 19.4. The van der Waals surface area contributed by atoms with Gasteiger partial charge in [0, 0.05) is 25.6 Å². The lowest BCUT2D eigenvalue weighted by Gasteiger charge is -2.51. The molecule has 2 atom stereocenters. The maximum Gasteiger partial charge on any atom is 0.416 e. The molecular formula is C14H20F3N3O. The van der Waals surface area contributed by atoms with Crippen molar-refractivity contribution in [2.45, 2.75) is 38.6 Å². The van der Waals surface area contributed by atoms with Gasteiger partial charge in [0.2, 0.25) is 0 Å². The molecule has 7 heteroatoms. The van der Waals surface area contributed by atoms with Gasteiger partial charge in [0.1, 0.15) is 11.6 Å². The second-order valence-corrected chi connectivity index (χ2v) is 5.85. The summed E-state index contributed by atoms with van der Waals surface area (Å²) in [6.07, 6.45) is -3.55. The van der Waals surface area contributed by atoms with Crippen LogP contribution in [0.2, 0.25) is 0 Å². The molecule has 1 aliphatic carbocycles. The summed E-state index contributed by atoms with van der Waals surface area (Å²) >= 11 is 0. The fourth-order valence-corrected chi connectivity index (χ4v) is 2.61. The van der Waals surface area contributed by atoms with E-state index >= 15 is 0 Å².